The van der Waals surface area contributed by atoms with Crippen molar-refractivity contribution in [1.29, 1.82) is 0 Å². The van der Waals surface area contributed by atoms with Gasteiger partial charge in [0, 0.05) is 28.1 Å². The summed E-state index contributed by atoms with van der Waals surface area (Å²) in [5.74, 6) is 0.899. The van der Waals surface area contributed by atoms with E-state index in [9.17, 15) is 0 Å². The Morgan fingerprint density at radius 2 is 1.27 bits per heavy atom. The number of nitrogen functional groups attached to an aromatic ring is 2. The maximum atomic E-state index is 6.46. The first-order chi connectivity index (χ1) is 16.1. The fourth-order valence-corrected chi connectivity index (χ4v) is 3.95. The number of anilines is 2. The van der Waals surface area contributed by atoms with Gasteiger partial charge in [-0.25, -0.2) is 4.98 Å². The molecule has 1 heterocycles. The molecule has 0 aliphatic heterocycles. The molecule has 4 heteroatoms. The van der Waals surface area contributed by atoms with Crippen LogP contribution in [0.4, 0.5) is 11.4 Å². The van der Waals surface area contributed by atoms with Crippen LogP contribution in [0.15, 0.2) is 84.9 Å². The SMILES string of the molecule is CCCC(CC)Oc1ccccc1-c1cc(-c2ccc(N)cc2)nc(-c2ccc(N)cc2)c1. The molecule has 0 bridgehead atoms. The molecule has 1 aromatic heterocycles. The zero-order valence-corrected chi connectivity index (χ0v) is 19.3. The van der Waals surface area contributed by atoms with Crippen molar-refractivity contribution in [3.8, 4) is 39.4 Å². The first-order valence-corrected chi connectivity index (χ1v) is 11.6. The minimum atomic E-state index is 0.200. The highest BCUT2D eigenvalue weighted by Gasteiger charge is 2.15. The Bertz CT molecular complexity index is 1140. The standard InChI is InChI=1S/C29H31N3O/c1-3-7-25(4-2)33-29-9-6-5-8-26(29)22-18-27(20-10-14-23(30)15-11-20)32-28(19-22)21-12-16-24(31)17-13-21/h5-6,8-19,25H,3-4,7,30-31H2,1-2H3. The van der Waals surface area contributed by atoms with Crippen molar-refractivity contribution < 1.29 is 4.74 Å². The highest BCUT2D eigenvalue weighted by atomic mass is 16.5. The van der Waals surface area contributed by atoms with E-state index in [-0.39, 0.29) is 6.10 Å². The van der Waals surface area contributed by atoms with Gasteiger partial charge < -0.3 is 16.2 Å². The van der Waals surface area contributed by atoms with Crippen molar-refractivity contribution in [3.63, 3.8) is 0 Å². The Morgan fingerprint density at radius 1 is 0.727 bits per heavy atom. The van der Waals surface area contributed by atoms with Crippen LogP contribution in [0.1, 0.15) is 33.1 Å². The van der Waals surface area contributed by atoms with Crippen molar-refractivity contribution in [2.45, 2.75) is 39.2 Å². The smallest absolute Gasteiger partial charge is 0.127 e. The number of nitrogens with two attached hydrogens (primary N) is 2. The molecule has 33 heavy (non-hydrogen) atoms. The van der Waals surface area contributed by atoms with Crippen molar-refractivity contribution in [1.82, 2.24) is 4.98 Å². The van der Waals surface area contributed by atoms with Crippen LogP contribution < -0.4 is 16.2 Å². The number of rotatable bonds is 8. The molecule has 0 saturated heterocycles. The number of benzene rings is 3. The summed E-state index contributed by atoms with van der Waals surface area (Å²) in [6.45, 7) is 4.37. The fourth-order valence-electron chi connectivity index (χ4n) is 3.95. The minimum Gasteiger partial charge on any atom is -0.490 e. The van der Waals surface area contributed by atoms with E-state index < -0.39 is 0 Å². The molecule has 4 nitrogen and oxygen atoms in total. The predicted octanol–water partition coefficient (Wildman–Crippen LogP) is 7.20. The van der Waals surface area contributed by atoms with Crippen LogP contribution in [0.3, 0.4) is 0 Å². The highest BCUT2D eigenvalue weighted by Crippen LogP contribution is 2.36. The molecule has 1 unspecified atom stereocenters. The van der Waals surface area contributed by atoms with Gasteiger partial charge in [0.1, 0.15) is 5.75 Å². The first kappa shape index (κ1) is 22.4. The maximum Gasteiger partial charge on any atom is 0.127 e. The van der Waals surface area contributed by atoms with Gasteiger partial charge in [0.15, 0.2) is 0 Å². The van der Waals surface area contributed by atoms with Gasteiger partial charge in [0.25, 0.3) is 0 Å². The van der Waals surface area contributed by atoms with Gasteiger partial charge in [0.05, 0.1) is 17.5 Å². The van der Waals surface area contributed by atoms with Crippen molar-refractivity contribution in [2.24, 2.45) is 0 Å². The van der Waals surface area contributed by atoms with Crippen LogP contribution in [0.2, 0.25) is 0 Å². The lowest BCUT2D eigenvalue weighted by atomic mass is 9.99. The summed E-state index contributed by atoms with van der Waals surface area (Å²) >= 11 is 0. The number of hydrogen-bond acceptors (Lipinski definition) is 4. The molecule has 4 aromatic rings. The number of ether oxygens (including phenoxy) is 1. The van der Waals surface area contributed by atoms with Gasteiger partial charge in [-0.15, -0.1) is 0 Å². The molecule has 0 aliphatic carbocycles. The lowest BCUT2D eigenvalue weighted by molar-refractivity contribution is 0.186. The van der Waals surface area contributed by atoms with Crippen molar-refractivity contribution >= 4 is 11.4 Å². The van der Waals surface area contributed by atoms with E-state index in [2.05, 4.69) is 44.2 Å². The Morgan fingerprint density at radius 3 is 1.79 bits per heavy atom. The summed E-state index contributed by atoms with van der Waals surface area (Å²) in [4.78, 5) is 4.97. The van der Waals surface area contributed by atoms with E-state index in [4.69, 9.17) is 21.2 Å². The van der Waals surface area contributed by atoms with E-state index in [0.29, 0.717) is 0 Å². The van der Waals surface area contributed by atoms with Crippen LogP contribution in [-0.4, -0.2) is 11.1 Å². The second-order valence-corrected chi connectivity index (χ2v) is 8.30. The van der Waals surface area contributed by atoms with E-state index in [1.807, 2.05) is 54.6 Å². The molecule has 4 rings (SSSR count). The average molecular weight is 438 g/mol. The molecule has 0 fully saturated rings. The van der Waals surface area contributed by atoms with Crippen LogP contribution in [0.5, 0.6) is 5.75 Å². The van der Waals surface area contributed by atoms with E-state index in [1.165, 1.54) is 0 Å². The summed E-state index contributed by atoms with van der Waals surface area (Å²) in [5.41, 5.74) is 19.2. The Hall–Kier alpha value is -3.79. The first-order valence-electron chi connectivity index (χ1n) is 11.6. The minimum absolute atomic E-state index is 0.200. The van der Waals surface area contributed by atoms with Gasteiger partial charge in [-0.1, -0.05) is 62.7 Å². The third-order valence-corrected chi connectivity index (χ3v) is 5.80. The van der Waals surface area contributed by atoms with Crippen molar-refractivity contribution in [2.75, 3.05) is 11.5 Å². The lowest BCUT2D eigenvalue weighted by Crippen LogP contribution is -2.15. The third-order valence-electron chi connectivity index (χ3n) is 5.80. The number of pyridine rings is 1. The zero-order chi connectivity index (χ0) is 23.2. The fraction of sp³-hybridized carbons (Fsp3) is 0.207. The van der Waals surface area contributed by atoms with E-state index >= 15 is 0 Å². The molecular weight excluding hydrogens is 406 g/mol. The summed E-state index contributed by atoms with van der Waals surface area (Å²) < 4.78 is 6.46. The maximum absolute atomic E-state index is 6.46. The quantitative estimate of drug-likeness (QED) is 0.286. The molecular formula is C29H31N3O. The third kappa shape index (κ3) is 5.35. The summed E-state index contributed by atoms with van der Waals surface area (Å²) in [6, 6.07) is 28.1. The van der Waals surface area contributed by atoms with Crippen LogP contribution in [0, 0.1) is 0 Å². The monoisotopic (exact) mass is 437 g/mol. The van der Waals surface area contributed by atoms with Crippen LogP contribution in [-0.2, 0) is 0 Å². The lowest BCUT2D eigenvalue weighted by Gasteiger charge is -2.20. The molecule has 0 radical (unpaired) electrons. The second-order valence-electron chi connectivity index (χ2n) is 8.30. The number of aromatic nitrogens is 1. The Labute approximate surface area is 196 Å². The normalized spacial score (nSPS) is 11.8. The van der Waals surface area contributed by atoms with Gasteiger partial charge in [-0.3, -0.25) is 0 Å². The number of hydrogen-bond donors (Lipinski definition) is 2. The Kier molecular flexibility index (Phi) is 6.94. The summed E-state index contributed by atoms with van der Waals surface area (Å²) in [5, 5.41) is 0. The topological polar surface area (TPSA) is 74.2 Å². The second kappa shape index (κ2) is 10.2. The largest absolute Gasteiger partial charge is 0.490 e. The summed E-state index contributed by atoms with van der Waals surface area (Å²) in [6.07, 6.45) is 3.31. The molecule has 0 amide bonds. The average Bonchev–Trinajstić information content (AvgIpc) is 2.84. The summed E-state index contributed by atoms with van der Waals surface area (Å²) in [7, 11) is 0. The molecule has 1 atom stereocenters. The molecule has 0 saturated carbocycles. The highest BCUT2D eigenvalue weighted by molar-refractivity contribution is 5.79. The van der Waals surface area contributed by atoms with E-state index in [1.54, 1.807) is 0 Å². The van der Waals surface area contributed by atoms with Gasteiger partial charge in [-0.2, -0.15) is 0 Å². The van der Waals surface area contributed by atoms with Crippen molar-refractivity contribution in [3.05, 3.63) is 84.9 Å². The Balaban J connectivity index is 1.84. The number of para-hydroxylation sites is 1. The van der Waals surface area contributed by atoms with Crippen LogP contribution in [0.25, 0.3) is 33.6 Å². The van der Waals surface area contributed by atoms with Gasteiger partial charge >= 0.3 is 0 Å². The molecule has 168 valence electrons. The van der Waals surface area contributed by atoms with E-state index in [0.717, 1.165) is 70.0 Å². The molecule has 0 spiro atoms. The van der Waals surface area contributed by atoms with Gasteiger partial charge in [-0.05, 0) is 60.9 Å². The predicted molar refractivity (Wildman–Crippen MR) is 139 cm³/mol. The zero-order valence-electron chi connectivity index (χ0n) is 19.3. The van der Waals surface area contributed by atoms with Crippen LogP contribution >= 0.6 is 0 Å². The van der Waals surface area contributed by atoms with Gasteiger partial charge in [0.2, 0.25) is 0 Å². The molecule has 4 N–H and O–H groups in total. The molecule has 0 aliphatic rings. The molecule has 3 aromatic carbocycles. The number of nitrogens with zero attached hydrogens (tertiary/aromatic N) is 1.